The molecule has 3 aliphatic rings. The Morgan fingerprint density at radius 3 is 2.57 bits per heavy atom. The maximum atomic E-state index is 9.18. The maximum absolute atomic E-state index is 9.18. The molecule has 0 spiro atoms. The van der Waals surface area contributed by atoms with Crippen molar-refractivity contribution in [1.29, 1.82) is 0 Å². The highest BCUT2D eigenvalue weighted by atomic mass is 16.3. The second kappa shape index (κ2) is 3.35. The number of allylic oxidation sites excluding steroid dienone is 1. The summed E-state index contributed by atoms with van der Waals surface area (Å²) in [5.74, 6) is 2.42. The molecule has 2 nitrogen and oxygen atoms in total. The molecule has 0 radical (unpaired) electrons. The molecule has 3 aliphatic carbocycles. The molecule has 0 aromatic rings. The first kappa shape index (κ1) is 8.93. The minimum atomic E-state index is 0.00160. The monoisotopic (exact) mass is 193 g/mol. The van der Waals surface area contributed by atoms with Gasteiger partial charge in [-0.15, -0.1) is 0 Å². The minimum Gasteiger partial charge on any atom is -0.393 e. The molecule has 0 aliphatic heterocycles. The predicted octanol–water partition coefficient (Wildman–Crippen LogP) is 1.31. The molecule has 0 aromatic carbocycles. The molecule has 2 bridgehead atoms. The van der Waals surface area contributed by atoms with Crippen LogP contribution < -0.4 is 5.32 Å². The Morgan fingerprint density at radius 2 is 2.00 bits per heavy atom. The summed E-state index contributed by atoms with van der Waals surface area (Å²) in [7, 11) is 0. The molecule has 3 atom stereocenters. The number of fused-ring (bicyclic) bond motifs is 2. The van der Waals surface area contributed by atoms with E-state index in [-0.39, 0.29) is 6.10 Å². The van der Waals surface area contributed by atoms with Crippen molar-refractivity contribution in [2.75, 3.05) is 6.54 Å². The van der Waals surface area contributed by atoms with Gasteiger partial charge in [0.2, 0.25) is 0 Å². The van der Waals surface area contributed by atoms with Crippen molar-refractivity contribution in [3.63, 3.8) is 0 Å². The smallest absolute Gasteiger partial charge is 0.0546 e. The van der Waals surface area contributed by atoms with Crippen LogP contribution in [-0.4, -0.2) is 23.8 Å². The van der Waals surface area contributed by atoms with Crippen LogP contribution in [0.4, 0.5) is 0 Å². The molecule has 2 N–H and O–H groups in total. The van der Waals surface area contributed by atoms with Gasteiger partial charge in [-0.1, -0.05) is 12.2 Å². The lowest BCUT2D eigenvalue weighted by Gasteiger charge is -2.33. The highest BCUT2D eigenvalue weighted by Gasteiger charge is 2.36. The van der Waals surface area contributed by atoms with Gasteiger partial charge in [0.25, 0.3) is 0 Å². The van der Waals surface area contributed by atoms with E-state index in [9.17, 15) is 5.11 Å². The number of hydrogen-bond donors (Lipinski definition) is 2. The van der Waals surface area contributed by atoms with Crippen LogP contribution in [0.5, 0.6) is 0 Å². The van der Waals surface area contributed by atoms with Crippen LogP contribution in [0.2, 0.25) is 0 Å². The van der Waals surface area contributed by atoms with E-state index in [0.29, 0.717) is 0 Å². The second-order valence-corrected chi connectivity index (χ2v) is 5.29. The highest BCUT2D eigenvalue weighted by Crippen LogP contribution is 2.39. The third-order valence-electron chi connectivity index (χ3n) is 4.16. The van der Waals surface area contributed by atoms with Crippen LogP contribution in [0.15, 0.2) is 12.2 Å². The van der Waals surface area contributed by atoms with Gasteiger partial charge in [0, 0.05) is 6.04 Å². The lowest BCUT2D eigenvalue weighted by Crippen LogP contribution is -2.41. The zero-order valence-electron chi connectivity index (χ0n) is 8.52. The molecule has 2 fully saturated rings. The van der Waals surface area contributed by atoms with Crippen molar-refractivity contribution in [1.82, 2.24) is 5.32 Å². The third-order valence-corrected chi connectivity index (χ3v) is 4.16. The van der Waals surface area contributed by atoms with Crippen LogP contribution in [0.1, 0.15) is 25.7 Å². The lowest BCUT2D eigenvalue weighted by molar-refractivity contribution is 0.0415. The van der Waals surface area contributed by atoms with E-state index < -0.39 is 0 Å². The number of hydrogen-bond acceptors (Lipinski definition) is 2. The largest absolute Gasteiger partial charge is 0.393 e. The SMILES string of the molecule is OC1CC(CNC2CC3C=CC2C3)C1. The first-order valence-electron chi connectivity index (χ1n) is 5.91. The van der Waals surface area contributed by atoms with Gasteiger partial charge < -0.3 is 10.4 Å². The first-order chi connectivity index (χ1) is 6.81. The van der Waals surface area contributed by atoms with E-state index in [4.69, 9.17) is 0 Å². The topological polar surface area (TPSA) is 32.3 Å². The van der Waals surface area contributed by atoms with Crippen molar-refractivity contribution in [2.45, 2.75) is 37.8 Å². The van der Waals surface area contributed by atoms with Gasteiger partial charge in [0.1, 0.15) is 0 Å². The van der Waals surface area contributed by atoms with Crippen LogP contribution in [-0.2, 0) is 0 Å². The number of nitrogens with one attached hydrogen (secondary N) is 1. The van der Waals surface area contributed by atoms with Gasteiger partial charge in [0.05, 0.1) is 6.10 Å². The molecule has 0 saturated heterocycles. The molecular formula is C12H19NO. The fourth-order valence-corrected chi connectivity index (χ4v) is 3.20. The summed E-state index contributed by atoms with van der Waals surface area (Å²) in [5.41, 5.74) is 0. The average molecular weight is 193 g/mol. The second-order valence-electron chi connectivity index (χ2n) is 5.29. The predicted molar refractivity (Wildman–Crippen MR) is 55.9 cm³/mol. The maximum Gasteiger partial charge on any atom is 0.0546 e. The van der Waals surface area contributed by atoms with Gasteiger partial charge in [0.15, 0.2) is 0 Å². The number of aliphatic hydroxyl groups is 1. The van der Waals surface area contributed by atoms with E-state index in [1.54, 1.807) is 0 Å². The molecule has 2 saturated carbocycles. The third kappa shape index (κ3) is 1.51. The fraction of sp³-hybridized carbons (Fsp3) is 0.833. The van der Waals surface area contributed by atoms with E-state index in [2.05, 4.69) is 17.5 Å². The Balaban J connectivity index is 1.43. The fourth-order valence-electron chi connectivity index (χ4n) is 3.20. The van der Waals surface area contributed by atoms with Gasteiger partial charge in [-0.3, -0.25) is 0 Å². The molecule has 14 heavy (non-hydrogen) atoms. The Labute approximate surface area is 85.4 Å². The summed E-state index contributed by atoms with van der Waals surface area (Å²) < 4.78 is 0. The van der Waals surface area contributed by atoms with Gasteiger partial charge in [-0.25, -0.2) is 0 Å². The van der Waals surface area contributed by atoms with Gasteiger partial charge in [-0.2, -0.15) is 0 Å². The summed E-state index contributed by atoms with van der Waals surface area (Å²) in [6.07, 6.45) is 9.54. The molecule has 3 unspecified atom stereocenters. The Hall–Kier alpha value is -0.340. The Bertz CT molecular complexity index is 245. The summed E-state index contributed by atoms with van der Waals surface area (Å²) in [6, 6.07) is 0.739. The minimum absolute atomic E-state index is 0.00160. The van der Waals surface area contributed by atoms with E-state index in [0.717, 1.165) is 43.2 Å². The van der Waals surface area contributed by atoms with Crippen LogP contribution in [0.25, 0.3) is 0 Å². The molecule has 2 heteroatoms. The summed E-state index contributed by atoms with van der Waals surface area (Å²) in [4.78, 5) is 0. The Kier molecular flexibility index (Phi) is 2.14. The molecule has 0 aromatic heterocycles. The van der Waals surface area contributed by atoms with E-state index in [1.807, 2.05) is 0 Å². The summed E-state index contributed by atoms with van der Waals surface area (Å²) >= 11 is 0. The van der Waals surface area contributed by atoms with Gasteiger partial charge >= 0.3 is 0 Å². The van der Waals surface area contributed by atoms with Crippen LogP contribution in [0, 0.1) is 17.8 Å². The summed E-state index contributed by atoms with van der Waals surface area (Å²) in [5, 5.41) is 12.8. The zero-order valence-corrected chi connectivity index (χ0v) is 8.52. The standard InChI is InChI=1S/C12H19NO/c14-11-4-9(5-11)7-13-12-6-8-1-2-10(12)3-8/h1-2,8-14H,3-7H2. The average Bonchev–Trinajstić information content (AvgIpc) is 2.71. The zero-order chi connectivity index (χ0) is 9.54. The van der Waals surface area contributed by atoms with E-state index >= 15 is 0 Å². The van der Waals surface area contributed by atoms with Gasteiger partial charge in [-0.05, 0) is 50.0 Å². The molecule has 0 heterocycles. The van der Waals surface area contributed by atoms with Crippen molar-refractivity contribution >= 4 is 0 Å². The van der Waals surface area contributed by atoms with Crippen LogP contribution >= 0.6 is 0 Å². The highest BCUT2D eigenvalue weighted by molar-refractivity contribution is 5.12. The number of aliphatic hydroxyl groups excluding tert-OH is 1. The van der Waals surface area contributed by atoms with Crippen LogP contribution in [0.3, 0.4) is 0 Å². The quantitative estimate of drug-likeness (QED) is 0.662. The normalized spacial score (nSPS) is 49.6. The molecule has 3 rings (SSSR count). The van der Waals surface area contributed by atoms with Crippen molar-refractivity contribution in [3.05, 3.63) is 12.2 Å². The van der Waals surface area contributed by atoms with Crippen molar-refractivity contribution < 1.29 is 5.11 Å². The van der Waals surface area contributed by atoms with Crippen molar-refractivity contribution in [3.8, 4) is 0 Å². The molecule has 78 valence electrons. The summed E-state index contributed by atoms with van der Waals surface area (Å²) in [6.45, 7) is 1.12. The van der Waals surface area contributed by atoms with Crippen molar-refractivity contribution in [2.24, 2.45) is 17.8 Å². The van der Waals surface area contributed by atoms with E-state index in [1.165, 1.54) is 12.8 Å². The lowest BCUT2D eigenvalue weighted by atomic mass is 9.82. The first-order valence-corrected chi connectivity index (χ1v) is 5.91. The molecule has 0 amide bonds. The Morgan fingerprint density at radius 1 is 1.14 bits per heavy atom. The molecular weight excluding hydrogens is 174 g/mol. The number of rotatable bonds is 3.